The predicted octanol–water partition coefficient (Wildman–Crippen LogP) is 7.20. The molecule has 198 valence electrons. The van der Waals surface area contributed by atoms with Gasteiger partial charge < -0.3 is 9.73 Å². The van der Waals surface area contributed by atoms with Gasteiger partial charge in [0.25, 0.3) is 0 Å². The standard InChI is InChI=1S/C24H27N3O.C8H17N/c1-17(2)14-21-4-3-12-27(21)13-11-24-26-22-15-20(9-10-23(22)28-24)19-7-5-18(16-25)6-8-19;1-7(2)6-8-4-3-5-9-8/h5-10,15,17,21H,3-4,11-14H2,1-2H3;7-9H,3-6H2,1-2H3. The van der Waals surface area contributed by atoms with Crippen LogP contribution < -0.4 is 5.32 Å². The minimum Gasteiger partial charge on any atom is -0.441 e. The van der Waals surface area contributed by atoms with E-state index in [1.807, 2.05) is 30.3 Å². The van der Waals surface area contributed by atoms with Crippen molar-refractivity contribution < 1.29 is 4.42 Å². The summed E-state index contributed by atoms with van der Waals surface area (Å²) in [5.41, 5.74) is 4.59. The quantitative estimate of drug-likeness (QED) is 0.354. The second kappa shape index (κ2) is 13.2. The number of fused-ring (bicyclic) bond motifs is 1. The van der Waals surface area contributed by atoms with E-state index in [2.05, 4.69) is 56.1 Å². The minimum atomic E-state index is 0.672. The van der Waals surface area contributed by atoms with Crippen molar-refractivity contribution in [3.05, 3.63) is 53.9 Å². The molecule has 37 heavy (non-hydrogen) atoms. The first kappa shape index (κ1) is 27.4. The molecule has 5 heteroatoms. The second-order valence-electron chi connectivity index (χ2n) is 11.6. The molecule has 2 aliphatic rings. The minimum absolute atomic E-state index is 0.672. The Morgan fingerprint density at radius 3 is 2.43 bits per heavy atom. The number of rotatable bonds is 8. The van der Waals surface area contributed by atoms with E-state index in [4.69, 9.17) is 14.7 Å². The predicted molar refractivity (Wildman–Crippen MR) is 152 cm³/mol. The van der Waals surface area contributed by atoms with Crippen molar-refractivity contribution in [3.8, 4) is 17.2 Å². The van der Waals surface area contributed by atoms with Crippen molar-refractivity contribution in [1.82, 2.24) is 15.2 Å². The number of aromatic nitrogens is 1. The molecule has 0 radical (unpaired) electrons. The zero-order valence-electron chi connectivity index (χ0n) is 23.2. The number of hydrogen-bond donors (Lipinski definition) is 1. The second-order valence-corrected chi connectivity index (χ2v) is 11.6. The van der Waals surface area contributed by atoms with Crippen LogP contribution in [0, 0.1) is 23.2 Å². The summed E-state index contributed by atoms with van der Waals surface area (Å²) >= 11 is 0. The highest BCUT2D eigenvalue weighted by atomic mass is 16.3. The zero-order chi connectivity index (χ0) is 26.2. The topological polar surface area (TPSA) is 65.1 Å². The average molecular weight is 501 g/mol. The van der Waals surface area contributed by atoms with Gasteiger partial charge in [-0.25, -0.2) is 4.98 Å². The van der Waals surface area contributed by atoms with Gasteiger partial charge in [-0.05, 0) is 98.8 Å². The molecule has 2 saturated heterocycles. The summed E-state index contributed by atoms with van der Waals surface area (Å²) in [6.07, 6.45) is 8.91. The van der Waals surface area contributed by atoms with Crippen molar-refractivity contribution in [1.29, 1.82) is 5.26 Å². The maximum absolute atomic E-state index is 8.96. The van der Waals surface area contributed by atoms with Crippen LogP contribution in [0.4, 0.5) is 0 Å². The molecule has 3 aromatic rings. The van der Waals surface area contributed by atoms with Crippen molar-refractivity contribution in [2.45, 2.75) is 84.7 Å². The van der Waals surface area contributed by atoms with Crippen LogP contribution in [0.25, 0.3) is 22.2 Å². The lowest BCUT2D eigenvalue weighted by Gasteiger charge is -2.25. The molecule has 3 heterocycles. The molecule has 2 unspecified atom stereocenters. The van der Waals surface area contributed by atoms with Gasteiger partial charge in [0, 0.05) is 25.0 Å². The van der Waals surface area contributed by atoms with Gasteiger partial charge in [0.1, 0.15) is 5.52 Å². The molecule has 1 aromatic heterocycles. The van der Waals surface area contributed by atoms with E-state index in [0.29, 0.717) is 11.6 Å². The Morgan fingerprint density at radius 2 is 1.76 bits per heavy atom. The van der Waals surface area contributed by atoms with Crippen LogP contribution in [-0.2, 0) is 6.42 Å². The van der Waals surface area contributed by atoms with Crippen LogP contribution in [0.3, 0.4) is 0 Å². The summed E-state index contributed by atoms with van der Waals surface area (Å²) in [7, 11) is 0. The molecule has 0 amide bonds. The highest BCUT2D eigenvalue weighted by Crippen LogP contribution is 2.27. The molecule has 2 atom stereocenters. The summed E-state index contributed by atoms with van der Waals surface area (Å²) < 4.78 is 5.99. The lowest BCUT2D eigenvalue weighted by atomic mass is 10.0. The van der Waals surface area contributed by atoms with Crippen LogP contribution in [-0.4, -0.2) is 41.6 Å². The van der Waals surface area contributed by atoms with Gasteiger partial charge >= 0.3 is 0 Å². The Morgan fingerprint density at radius 1 is 1.00 bits per heavy atom. The number of hydrogen-bond acceptors (Lipinski definition) is 5. The average Bonchev–Trinajstić information content (AvgIpc) is 3.63. The normalized spacial score (nSPS) is 19.9. The first-order valence-corrected chi connectivity index (χ1v) is 14.3. The molecule has 2 fully saturated rings. The van der Waals surface area contributed by atoms with Gasteiger partial charge in [-0.3, -0.25) is 4.90 Å². The van der Waals surface area contributed by atoms with E-state index in [9.17, 15) is 0 Å². The monoisotopic (exact) mass is 500 g/mol. The van der Waals surface area contributed by atoms with Gasteiger partial charge in [0.15, 0.2) is 11.5 Å². The Kier molecular flexibility index (Phi) is 9.77. The van der Waals surface area contributed by atoms with E-state index in [-0.39, 0.29) is 0 Å². The third-order valence-corrected chi connectivity index (χ3v) is 7.55. The molecule has 2 aromatic carbocycles. The van der Waals surface area contributed by atoms with Crippen molar-refractivity contribution >= 4 is 11.1 Å². The van der Waals surface area contributed by atoms with Crippen LogP contribution in [0.5, 0.6) is 0 Å². The zero-order valence-corrected chi connectivity index (χ0v) is 23.2. The fourth-order valence-electron chi connectivity index (χ4n) is 5.77. The van der Waals surface area contributed by atoms with E-state index < -0.39 is 0 Å². The Hall–Kier alpha value is -2.68. The molecule has 5 rings (SSSR count). The first-order valence-electron chi connectivity index (χ1n) is 14.3. The van der Waals surface area contributed by atoms with E-state index in [0.717, 1.165) is 59.0 Å². The lowest BCUT2D eigenvalue weighted by molar-refractivity contribution is 0.224. The smallest absolute Gasteiger partial charge is 0.196 e. The number of benzene rings is 2. The molecule has 5 nitrogen and oxygen atoms in total. The molecule has 1 N–H and O–H groups in total. The van der Waals surface area contributed by atoms with Crippen molar-refractivity contribution in [2.24, 2.45) is 11.8 Å². The van der Waals surface area contributed by atoms with Gasteiger partial charge in [-0.1, -0.05) is 45.9 Å². The summed E-state index contributed by atoms with van der Waals surface area (Å²) in [6.45, 7) is 12.7. The third kappa shape index (κ3) is 7.90. The van der Waals surface area contributed by atoms with Crippen LogP contribution in [0.2, 0.25) is 0 Å². The molecular formula is C32H44N4O. The van der Waals surface area contributed by atoms with E-state index in [1.54, 1.807) is 0 Å². The highest BCUT2D eigenvalue weighted by Gasteiger charge is 2.25. The first-order chi connectivity index (χ1) is 17.9. The summed E-state index contributed by atoms with van der Waals surface area (Å²) in [5.74, 6) is 2.43. The fourth-order valence-corrected chi connectivity index (χ4v) is 5.77. The number of likely N-dealkylation sites (tertiary alicyclic amines) is 1. The SMILES string of the molecule is CC(C)CC1CCCN1.CC(C)CC1CCCN1CCc1nc2cc(-c3ccc(C#N)cc3)ccc2o1. The Labute approximate surface area is 223 Å². The third-order valence-electron chi connectivity index (χ3n) is 7.55. The number of nitriles is 1. The number of nitrogens with one attached hydrogen (secondary N) is 1. The molecule has 0 aliphatic carbocycles. The maximum Gasteiger partial charge on any atom is 0.196 e. The van der Waals surface area contributed by atoms with Crippen molar-refractivity contribution in [3.63, 3.8) is 0 Å². The van der Waals surface area contributed by atoms with E-state index >= 15 is 0 Å². The fraction of sp³-hybridized carbons (Fsp3) is 0.562. The van der Waals surface area contributed by atoms with E-state index in [1.165, 1.54) is 51.6 Å². The van der Waals surface area contributed by atoms with Crippen LogP contribution in [0.1, 0.15) is 77.7 Å². The summed E-state index contributed by atoms with van der Waals surface area (Å²) in [6, 6.07) is 17.5. The summed E-state index contributed by atoms with van der Waals surface area (Å²) in [5, 5.41) is 12.4. The van der Waals surface area contributed by atoms with Gasteiger partial charge in [-0.15, -0.1) is 0 Å². The van der Waals surface area contributed by atoms with Crippen LogP contribution in [0.15, 0.2) is 46.9 Å². The molecule has 0 saturated carbocycles. The summed E-state index contributed by atoms with van der Waals surface area (Å²) in [4.78, 5) is 7.34. The highest BCUT2D eigenvalue weighted by molar-refractivity contribution is 5.80. The van der Waals surface area contributed by atoms with Gasteiger partial charge in [-0.2, -0.15) is 5.26 Å². The van der Waals surface area contributed by atoms with Crippen molar-refractivity contribution in [2.75, 3.05) is 19.6 Å². The number of oxazole rings is 1. The molecule has 0 spiro atoms. The molecule has 0 bridgehead atoms. The van der Waals surface area contributed by atoms with Crippen LogP contribution >= 0.6 is 0 Å². The van der Waals surface area contributed by atoms with Gasteiger partial charge in [0.05, 0.1) is 11.6 Å². The molecule has 2 aliphatic heterocycles. The largest absolute Gasteiger partial charge is 0.441 e. The maximum atomic E-state index is 8.96. The Bertz CT molecular complexity index is 1150. The lowest BCUT2D eigenvalue weighted by Crippen LogP contribution is -2.32. The van der Waals surface area contributed by atoms with Gasteiger partial charge in [0.2, 0.25) is 0 Å². The Balaban J connectivity index is 0.000000301. The molecular weight excluding hydrogens is 456 g/mol. The number of nitrogens with zero attached hydrogens (tertiary/aromatic N) is 3.